The molecule has 1 aliphatic carbocycles. The average molecular weight is 329 g/mol. The number of nitrogen functional groups attached to an aromatic ring is 1. The maximum Gasteiger partial charge on any atom is 0.261 e. The molecule has 2 aromatic rings. The Morgan fingerprint density at radius 2 is 2.17 bits per heavy atom. The van der Waals surface area contributed by atoms with Gasteiger partial charge in [0.2, 0.25) is 5.95 Å². The van der Waals surface area contributed by atoms with Gasteiger partial charge in [-0.3, -0.25) is 9.69 Å². The molecule has 1 saturated carbocycles. The van der Waals surface area contributed by atoms with E-state index in [2.05, 4.69) is 20.2 Å². The number of nitrogens with zero attached hydrogens (tertiary/aromatic N) is 3. The van der Waals surface area contributed by atoms with Crippen molar-refractivity contribution < 1.29 is 4.79 Å². The lowest BCUT2D eigenvalue weighted by Crippen LogP contribution is -2.65. The molecule has 0 aromatic carbocycles. The molecule has 5 heterocycles. The van der Waals surface area contributed by atoms with Gasteiger partial charge in [0, 0.05) is 17.1 Å². The van der Waals surface area contributed by atoms with E-state index in [1.54, 1.807) is 6.20 Å². The molecule has 3 saturated heterocycles. The van der Waals surface area contributed by atoms with Gasteiger partial charge >= 0.3 is 0 Å². The third-order valence-corrected chi connectivity index (χ3v) is 6.83. The van der Waals surface area contributed by atoms with E-state index in [4.69, 9.17) is 5.73 Å². The Morgan fingerprint density at radius 1 is 1.39 bits per heavy atom. The van der Waals surface area contributed by atoms with Crippen LogP contribution in [-0.2, 0) is 0 Å². The molecule has 0 radical (unpaired) electrons. The molecule has 6 rings (SSSR count). The number of fused-ring (bicyclic) bond motifs is 3. The predicted octanol–water partition coefficient (Wildman–Crippen LogP) is 1.63. The highest BCUT2D eigenvalue weighted by atomic mass is 32.1. The number of hydrogen-bond acceptors (Lipinski definition) is 6. The minimum atomic E-state index is 0.0246. The first-order valence-electron chi connectivity index (χ1n) is 8.24. The fourth-order valence-electron chi connectivity index (χ4n) is 4.49. The summed E-state index contributed by atoms with van der Waals surface area (Å²) in [7, 11) is 0. The Kier molecular flexibility index (Phi) is 2.76. The number of carbonyl (C=O) groups is 1. The van der Waals surface area contributed by atoms with Crippen molar-refractivity contribution in [3.63, 3.8) is 0 Å². The summed E-state index contributed by atoms with van der Waals surface area (Å²) in [6.45, 7) is 2.41. The Bertz CT molecular complexity index is 791. The zero-order valence-electron chi connectivity index (χ0n) is 12.8. The summed E-state index contributed by atoms with van der Waals surface area (Å²) >= 11 is 1.39. The van der Waals surface area contributed by atoms with Gasteiger partial charge in [0.25, 0.3) is 5.91 Å². The lowest BCUT2D eigenvalue weighted by atomic mass is 9.77. The second-order valence-corrected chi connectivity index (χ2v) is 8.01. The van der Waals surface area contributed by atoms with E-state index in [1.807, 2.05) is 6.07 Å². The summed E-state index contributed by atoms with van der Waals surface area (Å²) in [5.74, 6) is 0.911. The van der Waals surface area contributed by atoms with Crippen LogP contribution in [-0.4, -0.2) is 45.4 Å². The van der Waals surface area contributed by atoms with Gasteiger partial charge < -0.3 is 11.1 Å². The van der Waals surface area contributed by atoms with Crippen LogP contribution in [0.5, 0.6) is 0 Å². The Hall–Kier alpha value is -1.73. The zero-order chi connectivity index (χ0) is 15.6. The molecule has 3 N–H and O–H groups in total. The van der Waals surface area contributed by atoms with Crippen molar-refractivity contribution >= 4 is 33.4 Å². The van der Waals surface area contributed by atoms with E-state index in [-0.39, 0.29) is 17.4 Å². The number of aromatic nitrogens is 2. The van der Waals surface area contributed by atoms with Crippen LogP contribution in [0.3, 0.4) is 0 Å². The number of hydrogen-bond donors (Lipinski definition) is 2. The number of thiophene rings is 1. The predicted molar refractivity (Wildman–Crippen MR) is 89.3 cm³/mol. The molecule has 7 heteroatoms. The quantitative estimate of drug-likeness (QED) is 0.875. The summed E-state index contributed by atoms with van der Waals surface area (Å²) < 4.78 is 0. The number of nitrogens with one attached hydrogen (secondary N) is 1. The smallest absolute Gasteiger partial charge is 0.261 e. The lowest BCUT2D eigenvalue weighted by molar-refractivity contribution is -0.00138. The maximum atomic E-state index is 12.8. The van der Waals surface area contributed by atoms with Crippen LogP contribution in [0.4, 0.5) is 5.95 Å². The Labute approximate surface area is 138 Å². The number of nitrogens with two attached hydrogens (primary N) is 1. The second kappa shape index (κ2) is 4.64. The van der Waals surface area contributed by atoms with E-state index >= 15 is 0 Å². The Morgan fingerprint density at radius 3 is 2.91 bits per heavy atom. The van der Waals surface area contributed by atoms with Gasteiger partial charge in [-0.2, -0.15) is 0 Å². The van der Waals surface area contributed by atoms with Gasteiger partial charge in [-0.25, -0.2) is 9.97 Å². The normalized spacial score (nSPS) is 30.7. The van der Waals surface area contributed by atoms with Crippen molar-refractivity contribution in [2.45, 2.75) is 37.3 Å². The molecule has 1 amide bonds. The van der Waals surface area contributed by atoms with Gasteiger partial charge in [0.05, 0.1) is 10.9 Å². The molecule has 120 valence electrons. The fraction of sp³-hybridized carbons (Fsp3) is 0.562. The lowest BCUT2D eigenvalue weighted by Gasteiger charge is -2.52. The number of anilines is 1. The highest BCUT2D eigenvalue weighted by Crippen LogP contribution is 2.53. The van der Waals surface area contributed by atoms with Crippen LogP contribution in [0.25, 0.3) is 10.2 Å². The van der Waals surface area contributed by atoms with Gasteiger partial charge in [0.1, 0.15) is 4.83 Å². The van der Waals surface area contributed by atoms with Crippen LogP contribution in [0.1, 0.15) is 35.4 Å². The third-order valence-electron chi connectivity index (χ3n) is 5.78. The van der Waals surface area contributed by atoms with E-state index in [9.17, 15) is 4.79 Å². The highest BCUT2D eigenvalue weighted by molar-refractivity contribution is 7.20. The van der Waals surface area contributed by atoms with Crippen molar-refractivity contribution in [3.8, 4) is 0 Å². The van der Waals surface area contributed by atoms with Crippen LogP contribution in [0.15, 0.2) is 12.3 Å². The summed E-state index contributed by atoms with van der Waals surface area (Å²) in [5.41, 5.74) is 5.88. The first kappa shape index (κ1) is 13.7. The van der Waals surface area contributed by atoms with Gasteiger partial charge in [-0.1, -0.05) is 0 Å². The first-order valence-corrected chi connectivity index (χ1v) is 9.05. The van der Waals surface area contributed by atoms with Crippen molar-refractivity contribution in [2.24, 2.45) is 5.92 Å². The number of rotatable bonds is 2. The molecule has 2 aromatic heterocycles. The fourth-order valence-corrected chi connectivity index (χ4v) is 5.40. The van der Waals surface area contributed by atoms with Gasteiger partial charge in [-0.05, 0) is 50.8 Å². The number of piperidine rings is 3. The molecule has 3 aliphatic heterocycles. The molecule has 1 unspecified atom stereocenters. The SMILES string of the molecule is Nc1ncc2cc(C(=O)NC3C4CCN(CC4)C34CC4)sc2n1. The summed E-state index contributed by atoms with van der Waals surface area (Å²) in [5, 5.41) is 4.22. The molecule has 1 spiro atoms. The average Bonchev–Trinajstić information content (AvgIpc) is 3.22. The zero-order valence-corrected chi connectivity index (χ0v) is 13.6. The van der Waals surface area contributed by atoms with E-state index in [1.165, 1.54) is 50.1 Å². The molecule has 6 nitrogen and oxygen atoms in total. The molecule has 4 aliphatic rings. The monoisotopic (exact) mass is 329 g/mol. The van der Waals surface area contributed by atoms with Crippen molar-refractivity contribution in [1.82, 2.24) is 20.2 Å². The van der Waals surface area contributed by atoms with Crippen molar-refractivity contribution in [1.29, 1.82) is 0 Å². The second-order valence-electron chi connectivity index (χ2n) is 6.98. The van der Waals surface area contributed by atoms with Gasteiger partial charge in [-0.15, -0.1) is 11.3 Å². The number of carbonyl (C=O) groups excluding carboxylic acids is 1. The van der Waals surface area contributed by atoms with Crippen LogP contribution < -0.4 is 11.1 Å². The molecule has 4 fully saturated rings. The van der Waals surface area contributed by atoms with Crippen molar-refractivity contribution in [2.75, 3.05) is 18.8 Å². The molecule has 23 heavy (non-hydrogen) atoms. The Balaban J connectivity index is 1.42. The topological polar surface area (TPSA) is 84.1 Å². The van der Waals surface area contributed by atoms with Crippen LogP contribution in [0.2, 0.25) is 0 Å². The van der Waals surface area contributed by atoms with Crippen LogP contribution in [0, 0.1) is 5.92 Å². The third kappa shape index (κ3) is 1.99. The maximum absolute atomic E-state index is 12.8. The highest BCUT2D eigenvalue weighted by Gasteiger charge is 2.60. The molecule has 2 bridgehead atoms. The first-order chi connectivity index (χ1) is 11.2. The minimum Gasteiger partial charge on any atom is -0.368 e. The van der Waals surface area contributed by atoms with Crippen molar-refractivity contribution in [3.05, 3.63) is 17.1 Å². The van der Waals surface area contributed by atoms with Crippen LogP contribution >= 0.6 is 11.3 Å². The molecular weight excluding hydrogens is 310 g/mol. The largest absolute Gasteiger partial charge is 0.368 e. The molecular formula is C16H19N5OS. The summed E-state index contributed by atoms with van der Waals surface area (Å²) in [4.78, 5) is 25.0. The number of amides is 1. The van der Waals surface area contributed by atoms with Gasteiger partial charge in [0.15, 0.2) is 0 Å². The van der Waals surface area contributed by atoms with E-state index in [0.29, 0.717) is 16.8 Å². The minimum absolute atomic E-state index is 0.0246. The van der Waals surface area contributed by atoms with E-state index in [0.717, 1.165) is 10.2 Å². The standard InChI is InChI=1S/C16H19N5OS/c17-15-18-8-10-7-11(23-14(10)20-15)13(22)19-12-9-1-5-21(6-2-9)16(12)3-4-16/h7-9,12H,1-6H2,(H,19,22)(H2,17,18,20). The molecule has 1 atom stereocenters. The summed E-state index contributed by atoms with van der Waals surface area (Å²) in [6.07, 6.45) is 6.55. The summed E-state index contributed by atoms with van der Waals surface area (Å²) in [6, 6.07) is 2.18. The van der Waals surface area contributed by atoms with E-state index < -0.39 is 0 Å².